The molecule has 2 rings (SSSR count). The zero-order valence-electron chi connectivity index (χ0n) is 10.4. The molecule has 98 valence electrons. The molecular formula is C13H13BrN4O. The van der Waals surface area contributed by atoms with Crippen LogP contribution >= 0.6 is 15.9 Å². The van der Waals surface area contributed by atoms with Crippen molar-refractivity contribution in [3.63, 3.8) is 0 Å². The molecule has 5 nitrogen and oxygen atoms in total. The molecule has 2 heterocycles. The number of amides is 1. The molecule has 19 heavy (non-hydrogen) atoms. The third kappa shape index (κ3) is 3.75. The van der Waals surface area contributed by atoms with Gasteiger partial charge in [0, 0.05) is 29.1 Å². The first-order valence-electron chi connectivity index (χ1n) is 5.82. The van der Waals surface area contributed by atoms with Crippen molar-refractivity contribution in [2.24, 2.45) is 0 Å². The fraction of sp³-hybridized carbons (Fsp3) is 0.154. The van der Waals surface area contributed by atoms with Crippen LogP contribution in [-0.2, 0) is 0 Å². The molecule has 0 radical (unpaired) electrons. The van der Waals surface area contributed by atoms with Crippen molar-refractivity contribution in [2.45, 2.75) is 6.92 Å². The van der Waals surface area contributed by atoms with Gasteiger partial charge >= 0.3 is 0 Å². The first-order chi connectivity index (χ1) is 9.19. The van der Waals surface area contributed by atoms with Gasteiger partial charge in [0.15, 0.2) is 0 Å². The third-order valence-corrected chi connectivity index (χ3v) is 2.81. The molecule has 0 saturated heterocycles. The van der Waals surface area contributed by atoms with Crippen molar-refractivity contribution in [3.05, 3.63) is 46.8 Å². The lowest BCUT2D eigenvalue weighted by molar-refractivity contribution is 0.102. The van der Waals surface area contributed by atoms with Crippen LogP contribution in [-0.4, -0.2) is 22.4 Å². The van der Waals surface area contributed by atoms with Crippen LogP contribution in [0.4, 0.5) is 11.5 Å². The minimum absolute atomic E-state index is 0.283. The van der Waals surface area contributed by atoms with Crippen LogP contribution in [0, 0.1) is 0 Å². The summed E-state index contributed by atoms with van der Waals surface area (Å²) in [5.74, 6) is 0.207. The lowest BCUT2D eigenvalue weighted by Gasteiger charge is -2.06. The molecule has 0 aliphatic carbocycles. The highest BCUT2D eigenvalue weighted by Gasteiger charge is 2.08. The van der Waals surface area contributed by atoms with Gasteiger partial charge in [0.05, 0.1) is 0 Å². The maximum Gasteiger partial charge on any atom is 0.275 e. The second-order valence-electron chi connectivity index (χ2n) is 3.78. The number of nitrogens with one attached hydrogen (secondary N) is 2. The highest BCUT2D eigenvalue weighted by atomic mass is 79.9. The maximum absolute atomic E-state index is 12.0. The molecule has 0 saturated carbocycles. The molecule has 1 amide bonds. The number of nitrogens with zero attached hydrogens (tertiary/aromatic N) is 2. The molecule has 2 aromatic heterocycles. The first-order valence-corrected chi connectivity index (χ1v) is 6.61. The Balaban J connectivity index is 2.11. The number of carbonyl (C=O) groups is 1. The first kappa shape index (κ1) is 13.5. The van der Waals surface area contributed by atoms with Gasteiger partial charge in [-0.2, -0.15) is 0 Å². The summed E-state index contributed by atoms with van der Waals surface area (Å²) in [5.41, 5.74) is 1.22. The maximum atomic E-state index is 12.0. The Labute approximate surface area is 119 Å². The van der Waals surface area contributed by atoms with Crippen LogP contribution in [0.1, 0.15) is 17.4 Å². The Hall–Kier alpha value is -1.95. The highest BCUT2D eigenvalue weighted by Crippen LogP contribution is 2.12. The Morgan fingerprint density at radius 3 is 2.84 bits per heavy atom. The van der Waals surface area contributed by atoms with Crippen molar-refractivity contribution in [1.29, 1.82) is 0 Å². The molecule has 2 N–H and O–H groups in total. The second kappa shape index (κ2) is 6.29. The van der Waals surface area contributed by atoms with Crippen LogP contribution < -0.4 is 10.6 Å². The minimum Gasteiger partial charge on any atom is -0.385 e. The van der Waals surface area contributed by atoms with Gasteiger partial charge in [0.2, 0.25) is 0 Å². The molecule has 0 spiro atoms. The van der Waals surface area contributed by atoms with Crippen LogP contribution in [0.2, 0.25) is 0 Å². The topological polar surface area (TPSA) is 66.9 Å². The van der Waals surface area contributed by atoms with Gasteiger partial charge in [-0.1, -0.05) is 0 Å². The van der Waals surface area contributed by atoms with Gasteiger partial charge in [0.1, 0.15) is 11.5 Å². The summed E-state index contributed by atoms with van der Waals surface area (Å²) in [6.45, 7) is 2.78. The molecule has 0 fully saturated rings. The van der Waals surface area contributed by atoms with Gasteiger partial charge in [-0.15, -0.1) is 0 Å². The van der Waals surface area contributed by atoms with E-state index in [1.54, 1.807) is 24.5 Å². The largest absolute Gasteiger partial charge is 0.385 e. The minimum atomic E-state index is -0.283. The summed E-state index contributed by atoms with van der Waals surface area (Å²) in [7, 11) is 0. The van der Waals surface area contributed by atoms with E-state index in [-0.39, 0.29) is 5.91 Å². The van der Waals surface area contributed by atoms with Crippen molar-refractivity contribution in [1.82, 2.24) is 9.97 Å². The summed E-state index contributed by atoms with van der Waals surface area (Å²) < 4.78 is 0.859. The second-order valence-corrected chi connectivity index (χ2v) is 4.69. The summed E-state index contributed by atoms with van der Waals surface area (Å²) in [6, 6.07) is 7.05. The average Bonchev–Trinajstić information content (AvgIpc) is 2.42. The number of rotatable bonds is 4. The van der Waals surface area contributed by atoms with Gasteiger partial charge < -0.3 is 10.6 Å². The van der Waals surface area contributed by atoms with Gasteiger partial charge in [-0.05, 0) is 47.1 Å². The lowest BCUT2D eigenvalue weighted by atomic mass is 10.3. The number of hydrogen-bond acceptors (Lipinski definition) is 4. The molecule has 0 unspecified atom stereocenters. The molecular weight excluding hydrogens is 308 g/mol. The summed E-state index contributed by atoms with van der Waals surface area (Å²) >= 11 is 3.29. The zero-order chi connectivity index (χ0) is 13.7. The van der Waals surface area contributed by atoms with E-state index in [4.69, 9.17) is 0 Å². The van der Waals surface area contributed by atoms with Crippen molar-refractivity contribution in [3.8, 4) is 0 Å². The number of hydrogen-bond donors (Lipinski definition) is 2. The SMILES string of the molecule is CCNc1ccnc(C(=O)Nc2ccc(Br)cn2)c1. The fourth-order valence-electron chi connectivity index (χ4n) is 1.50. The van der Waals surface area contributed by atoms with E-state index in [1.807, 2.05) is 19.1 Å². The summed E-state index contributed by atoms with van der Waals surface area (Å²) in [5, 5.41) is 5.83. The number of pyridine rings is 2. The Morgan fingerprint density at radius 2 is 2.16 bits per heavy atom. The molecule has 6 heteroatoms. The van der Waals surface area contributed by atoms with E-state index < -0.39 is 0 Å². The van der Waals surface area contributed by atoms with E-state index in [0.29, 0.717) is 11.5 Å². The van der Waals surface area contributed by atoms with Gasteiger partial charge in [-0.25, -0.2) is 4.98 Å². The standard InChI is InChI=1S/C13H13BrN4O/c1-2-15-10-5-6-16-11(7-10)13(19)18-12-4-3-9(14)8-17-12/h3-8H,2H2,1H3,(H,15,16)(H,17,18,19). The van der Waals surface area contributed by atoms with Crippen molar-refractivity contribution in [2.75, 3.05) is 17.2 Å². The average molecular weight is 321 g/mol. The monoisotopic (exact) mass is 320 g/mol. The van der Waals surface area contributed by atoms with Crippen molar-refractivity contribution >= 4 is 33.3 Å². The molecule has 0 aromatic carbocycles. The summed E-state index contributed by atoms with van der Waals surface area (Å²) in [4.78, 5) is 20.1. The molecule has 0 aliphatic heterocycles. The molecule has 2 aromatic rings. The van der Waals surface area contributed by atoms with E-state index in [1.165, 1.54) is 0 Å². The lowest BCUT2D eigenvalue weighted by Crippen LogP contribution is -2.14. The summed E-state index contributed by atoms with van der Waals surface area (Å²) in [6.07, 6.45) is 3.22. The Morgan fingerprint density at radius 1 is 1.32 bits per heavy atom. The quantitative estimate of drug-likeness (QED) is 0.909. The van der Waals surface area contributed by atoms with E-state index in [9.17, 15) is 4.79 Å². The van der Waals surface area contributed by atoms with Crippen molar-refractivity contribution < 1.29 is 4.79 Å². The van der Waals surface area contributed by atoms with Gasteiger partial charge in [0.25, 0.3) is 5.91 Å². The molecule has 0 bridgehead atoms. The van der Waals surface area contributed by atoms with E-state index in [0.717, 1.165) is 16.7 Å². The normalized spacial score (nSPS) is 10.0. The van der Waals surface area contributed by atoms with Crippen LogP contribution in [0.5, 0.6) is 0 Å². The number of aromatic nitrogens is 2. The van der Waals surface area contributed by atoms with E-state index in [2.05, 4.69) is 36.5 Å². The predicted octanol–water partition coefficient (Wildman–Crippen LogP) is 2.92. The molecule has 0 atom stereocenters. The third-order valence-electron chi connectivity index (χ3n) is 2.34. The molecule has 0 aliphatic rings. The number of carbonyl (C=O) groups excluding carboxylic acids is 1. The predicted molar refractivity (Wildman–Crippen MR) is 78.3 cm³/mol. The Bertz CT molecular complexity index is 571. The van der Waals surface area contributed by atoms with Gasteiger partial charge in [-0.3, -0.25) is 9.78 Å². The van der Waals surface area contributed by atoms with Crippen LogP contribution in [0.15, 0.2) is 41.1 Å². The number of anilines is 2. The van der Waals surface area contributed by atoms with E-state index >= 15 is 0 Å². The highest BCUT2D eigenvalue weighted by molar-refractivity contribution is 9.10. The fourth-order valence-corrected chi connectivity index (χ4v) is 1.73. The zero-order valence-corrected chi connectivity index (χ0v) is 11.9. The smallest absolute Gasteiger partial charge is 0.275 e. The van der Waals surface area contributed by atoms with Crippen LogP contribution in [0.3, 0.4) is 0 Å². The number of halogens is 1. The Kier molecular flexibility index (Phi) is 4.46. The van der Waals surface area contributed by atoms with Crippen LogP contribution in [0.25, 0.3) is 0 Å².